The van der Waals surface area contributed by atoms with Gasteiger partial charge in [0.1, 0.15) is 15.4 Å². The second-order valence-electron chi connectivity index (χ2n) is 5.51. The maximum Gasteiger partial charge on any atom is 0.213 e. The minimum atomic E-state index is -3.76. The lowest BCUT2D eigenvalue weighted by Gasteiger charge is -2.29. The summed E-state index contributed by atoms with van der Waals surface area (Å²) in [5.41, 5.74) is -1.07. The highest BCUT2D eigenvalue weighted by Gasteiger charge is 2.34. The first kappa shape index (κ1) is 17.4. The lowest BCUT2D eigenvalue weighted by molar-refractivity contribution is 0.357. The number of nitrogens with zero attached hydrogens (tertiary/aromatic N) is 1. The van der Waals surface area contributed by atoms with Gasteiger partial charge < -0.3 is 0 Å². The van der Waals surface area contributed by atoms with E-state index in [1.807, 2.05) is 0 Å². The molecule has 0 bridgehead atoms. The minimum absolute atomic E-state index is 0.427. The van der Waals surface area contributed by atoms with E-state index in [1.165, 1.54) is 0 Å². The van der Waals surface area contributed by atoms with Gasteiger partial charge >= 0.3 is 0 Å². The number of sulfonamides is 1. The van der Waals surface area contributed by atoms with Gasteiger partial charge in [0.05, 0.1) is 17.6 Å². The highest BCUT2D eigenvalue weighted by atomic mass is 32.2. The minimum Gasteiger partial charge on any atom is -0.229 e. The average molecular weight is 322 g/mol. The van der Waals surface area contributed by atoms with Crippen LogP contribution >= 0.6 is 0 Å². The lowest BCUT2D eigenvalue weighted by Crippen LogP contribution is -2.49. The number of hydrogen-bond donors (Lipinski definition) is 1. The SMILES string of the molecule is CS(=O)(=O)CCS(=O)(=O)NC1(C#N)CCCCCCC1. The van der Waals surface area contributed by atoms with Crippen molar-refractivity contribution < 1.29 is 16.8 Å². The van der Waals surface area contributed by atoms with Crippen molar-refractivity contribution in [2.24, 2.45) is 0 Å². The van der Waals surface area contributed by atoms with Gasteiger partial charge in [0.25, 0.3) is 0 Å². The second kappa shape index (κ2) is 6.87. The Morgan fingerprint density at radius 2 is 1.50 bits per heavy atom. The Morgan fingerprint density at radius 1 is 1.00 bits per heavy atom. The maximum absolute atomic E-state index is 12.0. The Bertz CT molecular complexity index is 553. The average Bonchev–Trinajstić information content (AvgIpc) is 2.30. The summed E-state index contributed by atoms with van der Waals surface area (Å²) in [7, 11) is -7.10. The Morgan fingerprint density at radius 3 is 1.95 bits per heavy atom. The molecule has 0 aromatic heterocycles. The Labute approximate surface area is 121 Å². The fraction of sp³-hybridized carbons (Fsp3) is 0.917. The first-order valence-electron chi connectivity index (χ1n) is 6.79. The molecule has 0 atom stereocenters. The largest absolute Gasteiger partial charge is 0.229 e. The molecule has 0 aromatic rings. The van der Waals surface area contributed by atoms with Crippen molar-refractivity contribution in [1.82, 2.24) is 4.72 Å². The van der Waals surface area contributed by atoms with Gasteiger partial charge in [-0.2, -0.15) is 9.98 Å². The summed E-state index contributed by atoms with van der Waals surface area (Å²) < 4.78 is 48.5. The first-order chi connectivity index (χ1) is 9.18. The quantitative estimate of drug-likeness (QED) is 0.811. The van der Waals surface area contributed by atoms with E-state index in [4.69, 9.17) is 0 Å². The fourth-order valence-corrected chi connectivity index (χ4v) is 5.39. The standard InChI is InChI=1S/C12H22N2O4S2/c1-19(15,16)9-10-20(17,18)14-12(11-13)7-5-3-2-4-6-8-12/h14H,2-10H2,1H3. The van der Waals surface area contributed by atoms with Crippen molar-refractivity contribution >= 4 is 19.9 Å². The highest BCUT2D eigenvalue weighted by Crippen LogP contribution is 2.26. The molecule has 116 valence electrons. The summed E-state index contributed by atoms with van der Waals surface area (Å²) >= 11 is 0. The van der Waals surface area contributed by atoms with Gasteiger partial charge in [-0.1, -0.05) is 32.1 Å². The third kappa shape index (κ3) is 6.20. The summed E-state index contributed by atoms with van der Waals surface area (Å²) in [6.45, 7) is 0. The summed E-state index contributed by atoms with van der Waals surface area (Å²) in [4.78, 5) is 0. The molecule has 1 saturated carbocycles. The maximum atomic E-state index is 12.0. The highest BCUT2D eigenvalue weighted by molar-refractivity contribution is 7.93. The van der Waals surface area contributed by atoms with Gasteiger partial charge in [-0.15, -0.1) is 0 Å². The Hall–Kier alpha value is -0.650. The van der Waals surface area contributed by atoms with Crippen molar-refractivity contribution in [1.29, 1.82) is 5.26 Å². The van der Waals surface area contributed by atoms with Crippen LogP contribution in [0.25, 0.3) is 0 Å². The summed E-state index contributed by atoms with van der Waals surface area (Å²) in [6.07, 6.45) is 6.69. The van der Waals surface area contributed by atoms with Crippen LogP contribution in [0.5, 0.6) is 0 Å². The molecule has 1 aliphatic rings. The molecule has 0 radical (unpaired) electrons. The molecule has 0 aromatic carbocycles. The van der Waals surface area contributed by atoms with E-state index in [9.17, 15) is 22.1 Å². The molecule has 6 nitrogen and oxygen atoms in total. The Balaban J connectivity index is 2.77. The van der Waals surface area contributed by atoms with Crippen LogP contribution in [-0.4, -0.2) is 40.1 Å². The van der Waals surface area contributed by atoms with Crippen LogP contribution in [0.3, 0.4) is 0 Å². The lowest BCUT2D eigenvalue weighted by atomic mass is 9.86. The predicted octanol–water partition coefficient (Wildman–Crippen LogP) is 0.957. The van der Waals surface area contributed by atoms with Gasteiger partial charge in [0.15, 0.2) is 0 Å². The van der Waals surface area contributed by atoms with Crippen LogP contribution in [0.15, 0.2) is 0 Å². The van der Waals surface area contributed by atoms with Crippen molar-refractivity contribution in [2.45, 2.75) is 50.5 Å². The first-order valence-corrected chi connectivity index (χ1v) is 10.5. The fourth-order valence-electron chi connectivity index (χ4n) is 2.36. The van der Waals surface area contributed by atoms with E-state index in [1.54, 1.807) is 0 Å². The van der Waals surface area contributed by atoms with Crippen LogP contribution in [0.1, 0.15) is 44.9 Å². The van der Waals surface area contributed by atoms with Crippen molar-refractivity contribution in [3.05, 3.63) is 0 Å². The second-order valence-corrected chi connectivity index (χ2v) is 9.61. The van der Waals surface area contributed by atoms with Crippen molar-refractivity contribution in [3.63, 3.8) is 0 Å². The number of sulfone groups is 1. The third-order valence-corrected chi connectivity index (χ3v) is 6.14. The van der Waals surface area contributed by atoms with E-state index in [0.717, 1.165) is 38.4 Å². The van der Waals surface area contributed by atoms with Gasteiger partial charge in [-0.25, -0.2) is 16.8 Å². The molecule has 20 heavy (non-hydrogen) atoms. The zero-order chi connectivity index (χ0) is 15.3. The van der Waals surface area contributed by atoms with Crippen LogP contribution in [0.4, 0.5) is 0 Å². The van der Waals surface area contributed by atoms with Gasteiger partial charge in [0.2, 0.25) is 10.0 Å². The summed E-state index contributed by atoms with van der Waals surface area (Å²) in [6, 6.07) is 2.10. The van der Waals surface area contributed by atoms with E-state index >= 15 is 0 Å². The summed E-state index contributed by atoms with van der Waals surface area (Å²) in [5, 5.41) is 9.35. The molecular formula is C12H22N2O4S2. The van der Waals surface area contributed by atoms with Crippen LogP contribution in [0.2, 0.25) is 0 Å². The summed E-state index contributed by atoms with van der Waals surface area (Å²) in [5.74, 6) is -0.918. The van der Waals surface area contributed by atoms with E-state index in [-0.39, 0.29) is 0 Å². The monoisotopic (exact) mass is 322 g/mol. The number of hydrogen-bond acceptors (Lipinski definition) is 5. The predicted molar refractivity (Wildman–Crippen MR) is 77.3 cm³/mol. The molecule has 0 aliphatic heterocycles. The van der Waals surface area contributed by atoms with Crippen LogP contribution < -0.4 is 4.72 Å². The molecular weight excluding hydrogens is 300 g/mol. The van der Waals surface area contributed by atoms with E-state index in [2.05, 4.69) is 10.8 Å². The molecule has 0 heterocycles. The number of nitriles is 1. The van der Waals surface area contributed by atoms with Crippen molar-refractivity contribution in [2.75, 3.05) is 17.8 Å². The molecule has 0 spiro atoms. The molecule has 0 saturated heterocycles. The molecule has 1 aliphatic carbocycles. The van der Waals surface area contributed by atoms with E-state index in [0.29, 0.717) is 12.8 Å². The van der Waals surface area contributed by atoms with Crippen molar-refractivity contribution in [3.8, 4) is 6.07 Å². The normalized spacial score (nSPS) is 20.6. The number of rotatable bonds is 5. The smallest absolute Gasteiger partial charge is 0.213 e. The number of nitrogens with one attached hydrogen (secondary N) is 1. The topological polar surface area (TPSA) is 104 Å². The van der Waals surface area contributed by atoms with Gasteiger partial charge in [-0.05, 0) is 12.8 Å². The van der Waals surface area contributed by atoms with E-state index < -0.39 is 36.9 Å². The molecule has 1 fully saturated rings. The van der Waals surface area contributed by atoms with Crippen LogP contribution in [0, 0.1) is 11.3 Å². The molecule has 1 N–H and O–H groups in total. The molecule has 8 heteroatoms. The zero-order valence-electron chi connectivity index (χ0n) is 11.8. The molecule has 0 unspecified atom stereocenters. The molecule has 0 amide bonds. The van der Waals surface area contributed by atoms with Gasteiger partial charge in [-0.3, -0.25) is 0 Å². The molecule has 1 rings (SSSR count). The Kier molecular flexibility index (Phi) is 5.98. The van der Waals surface area contributed by atoms with Gasteiger partial charge in [0, 0.05) is 6.26 Å². The van der Waals surface area contributed by atoms with Crippen LogP contribution in [-0.2, 0) is 19.9 Å². The zero-order valence-corrected chi connectivity index (χ0v) is 13.4. The third-order valence-electron chi connectivity index (χ3n) is 3.49.